The second kappa shape index (κ2) is 4.59. The molecule has 0 heterocycles. The summed E-state index contributed by atoms with van der Waals surface area (Å²) in [5.41, 5.74) is -0.271. The van der Waals surface area contributed by atoms with Crippen molar-refractivity contribution in [3.05, 3.63) is 6.92 Å². The molecule has 4 heteroatoms. The molecule has 1 aliphatic rings. The van der Waals surface area contributed by atoms with Crippen LogP contribution in [0.1, 0.15) is 33.1 Å². The van der Waals surface area contributed by atoms with Gasteiger partial charge >= 0.3 is 0 Å². The van der Waals surface area contributed by atoms with Crippen LogP contribution in [0.4, 0.5) is 0 Å². The van der Waals surface area contributed by atoms with Crippen LogP contribution in [0.3, 0.4) is 0 Å². The van der Waals surface area contributed by atoms with Crippen LogP contribution in [0.25, 0.3) is 0 Å². The lowest BCUT2D eigenvalue weighted by atomic mass is 9.63. The number of ether oxygens (including phenoxy) is 1. The molecule has 0 aromatic carbocycles. The van der Waals surface area contributed by atoms with E-state index in [0.717, 1.165) is 19.3 Å². The van der Waals surface area contributed by atoms with E-state index in [-0.39, 0.29) is 16.9 Å². The molecule has 0 aromatic heterocycles. The van der Waals surface area contributed by atoms with Crippen molar-refractivity contribution in [2.75, 3.05) is 6.61 Å². The Bertz CT molecular complexity index is 339. The first-order chi connectivity index (χ1) is 7.41. The number of aliphatic imine (C=N–C) groups is 1. The van der Waals surface area contributed by atoms with Gasteiger partial charge in [-0.1, -0.05) is 6.92 Å². The molecular formula is C12H17N2O2+. The Kier molecular flexibility index (Phi) is 3.62. The number of nitriles is 1. The van der Waals surface area contributed by atoms with Gasteiger partial charge in [-0.25, -0.2) is 9.79 Å². The summed E-state index contributed by atoms with van der Waals surface area (Å²) < 4.78 is 4.83. The minimum atomic E-state index is -0.143. The van der Waals surface area contributed by atoms with Gasteiger partial charge in [0.25, 0.3) is 6.26 Å². The zero-order valence-corrected chi connectivity index (χ0v) is 9.82. The molecule has 0 N–H and O–H groups in total. The number of rotatable bonds is 3. The highest BCUT2D eigenvalue weighted by atomic mass is 16.5. The summed E-state index contributed by atoms with van der Waals surface area (Å²) in [5.74, 6) is 0. The third-order valence-corrected chi connectivity index (χ3v) is 3.03. The van der Waals surface area contributed by atoms with Crippen LogP contribution < -0.4 is 0 Å². The quantitative estimate of drug-likeness (QED) is 0.318. The molecule has 0 bridgehead atoms. The fourth-order valence-corrected chi connectivity index (χ4v) is 2.87. The summed E-state index contributed by atoms with van der Waals surface area (Å²) in [4.78, 5) is 14.1. The van der Waals surface area contributed by atoms with Crippen LogP contribution in [0, 0.1) is 29.3 Å². The van der Waals surface area contributed by atoms with Crippen LogP contribution in [-0.4, -0.2) is 18.7 Å². The zero-order chi connectivity index (χ0) is 12.2. The van der Waals surface area contributed by atoms with E-state index >= 15 is 0 Å². The number of nitrogens with zero attached hydrogens (tertiary/aromatic N) is 2. The van der Waals surface area contributed by atoms with Crippen molar-refractivity contribution in [2.24, 2.45) is 15.8 Å². The molecule has 0 radical (unpaired) electrons. The highest BCUT2D eigenvalue weighted by molar-refractivity contribution is 5.33. The van der Waals surface area contributed by atoms with E-state index < -0.39 is 0 Å². The molecular weight excluding hydrogens is 204 g/mol. The van der Waals surface area contributed by atoms with Gasteiger partial charge in [-0.15, -0.1) is 0 Å². The Hall–Kier alpha value is -1.46. The lowest BCUT2D eigenvalue weighted by molar-refractivity contribution is 0.0395. The van der Waals surface area contributed by atoms with Crippen molar-refractivity contribution in [3.8, 4) is 6.26 Å². The lowest BCUT2D eigenvalue weighted by Crippen LogP contribution is -2.40. The predicted octanol–water partition coefficient (Wildman–Crippen LogP) is 2.22. The van der Waals surface area contributed by atoms with Gasteiger partial charge in [-0.3, -0.25) is 0 Å². The van der Waals surface area contributed by atoms with Crippen molar-refractivity contribution < 1.29 is 9.53 Å². The predicted molar refractivity (Wildman–Crippen MR) is 58.9 cm³/mol. The van der Waals surface area contributed by atoms with Gasteiger partial charge in [0.05, 0.1) is 13.0 Å². The lowest BCUT2D eigenvalue weighted by Gasteiger charge is -2.40. The molecule has 1 saturated carbocycles. The topological polar surface area (TPSA) is 62.4 Å². The molecule has 86 valence electrons. The Morgan fingerprint density at radius 2 is 2.25 bits per heavy atom. The normalized spacial score (nSPS) is 38.2. The smallest absolute Gasteiger partial charge is 0.286 e. The largest absolute Gasteiger partial charge is 0.427 e. The zero-order valence-electron chi connectivity index (χ0n) is 9.82. The first-order valence-corrected chi connectivity index (χ1v) is 5.34. The maximum absolute atomic E-state index is 10.3. The first kappa shape index (κ1) is 12.6. The average molecular weight is 221 g/mol. The maximum Gasteiger partial charge on any atom is 0.286 e. The second-order valence-electron chi connectivity index (χ2n) is 5.46. The van der Waals surface area contributed by atoms with E-state index in [4.69, 9.17) is 10.00 Å². The molecule has 16 heavy (non-hydrogen) atoms. The molecule has 1 fully saturated rings. The van der Waals surface area contributed by atoms with Gasteiger partial charge in [0.2, 0.25) is 6.08 Å². The third kappa shape index (κ3) is 3.29. The maximum atomic E-state index is 10.3. The van der Waals surface area contributed by atoms with Gasteiger partial charge in [-0.05, 0) is 13.3 Å². The highest BCUT2D eigenvalue weighted by Crippen LogP contribution is 2.46. The fourth-order valence-electron chi connectivity index (χ4n) is 2.87. The minimum Gasteiger partial charge on any atom is -0.427 e. The van der Waals surface area contributed by atoms with E-state index in [1.807, 2.05) is 13.8 Å². The molecule has 1 rings (SSSR count). The molecule has 0 saturated heterocycles. The first-order valence-electron chi connectivity index (χ1n) is 5.34. The summed E-state index contributed by atoms with van der Waals surface area (Å²) in [6, 6.07) is -0.0546. The average Bonchev–Trinajstić information content (AvgIpc) is 2.12. The van der Waals surface area contributed by atoms with Crippen LogP contribution in [-0.2, 0) is 9.53 Å². The van der Waals surface area contributed by atoms with Gasteiger partial charge in [0.1, 0.15) is 12.0 Å². The minimum absolute atomic E-state index is 0.0546. The molecule has 0 spiro atoms. The number of hydrogen-bond donors (Lipinski definition) is 0. The Labute approximate surface area is 96.3 Å². The summed E-state index contributed by atoms with van der Waals surface area (Å²) in [7, 11) is 0. The summed E-state index contributed by atoms with van der Waals surface area (Å²) in [6.45, 7) is 8.59. The van der Waals surface area contributed by atoms with Crippen LogP contribution >= 0.6 is 0 Å². The second-order valence-corrected chi connectivity index (χ2v) is 5.46. The van der Waals surface area contributed by atoms with E-state index in [2.05, 4.69) is 11.9 Å². The monoisotopic (exact) mass is 221 g/mol. The molecule has 0 amide bonds. The van der Waals surface area contributed by atoms with Crippen LogP contribution in [0.2, 0.25) is 0 Å². The van der Waals surface area contributed by atoms with Crippen LogP contribution in [0.5, 0.6) is 0 Å². The van der Waals surface area contributed by atoms with Crippen molar-refractivity contribution in [1.82, 2.24) is 0 Å². The highest BCUT2D eigenvalue weighted by Gasteiger charge is 2.45. The molecule has 4 nitrogen and oxygen atoms in total. The SMILES string of the molecule is [CH2+]C1(C)CC(N=C=O)CC(C)(COC#N)C1. The van der Waals surface area contributed by atoms with Crippen LogP contribution in [0.15, 0.2) is 4.99 Å². The molecule has 0 aliphatic heterocycles. The fraction of sp³-hybridized carbons (Fsp3) is 0.750. The van der Waals surface area contributed by atoms with Crippen molar-refractivity contribution >= 4 is 6.08 Å². The van der Waals surface area contributed by atoms with Gasteiger partial charge < -0.3 is 4.74 Å². The summed E-state index contributed by atoms with van der Waals surface area (Å²) in [5, 5.41) is 8.44. The van der Waals surface area contributed by atoms with E-state index in [0.29, 0.717) is 6.61 Å². The van der Waals surface area contributed by atoms with E-state index in [1.54, 1.807) is 12.3 Å². The Morgan fingerprint density at radius 1 is 1.56 bits per heavy atom. The molecule has 3 unspecified atom stereocenters. The van der Waals surface area contributed by atoms with Crippen molar-refractivity contribution in [3.63, 3.8) is 0 Å². The van der Waals surface area contributed by atoms with Gasteiger partial charge in [0, 0.05) is 18.3 Å². The van der Waals surface area contributed by atoms with Crippen molar-refractivity contribution in [1.29, 1.82) is 5.26 Å². The molecule has 3 atom stereocenters. The summed E-state index contributed by atoms with van der Waals surface area (Å²) in [6.07, 6.45) is 5.69. The molecule has 1 aliphatic carbocycles. The van der Waals surface area contributed by atoms with Gasteiger partial charge in [0.15, 0.2) is 0 Å². The summed E-state index contributed by atoms with van der Waals surface area (Å²) >= 11 is 0. The standard InChI is InChI=1S/C12H17N2O2/c1-11(2)4-10(14-9-15)5-12(3,6-11)7-16-8-13/h10H,1,4-7H2,2-3H3/q+1. The van der Waals surface area contributed by atoms with Gasteiger partial charge in [-0.2, -0.15) is 5.26 Å². The Balaban J connectivity index is 2.79. The third-order valence-electron chi connectivity index (χ3n) is 3.03. The van der Waals surface area contributed by atoms with E-state index in [1.165, 1.54) is 0 Å². The number of isocyanates is 1. The Morgan fingerprint density at radius 3 is 2.81 bits per heavy atom. The number of carbonyl (C=O) groups excluding carboxylic acids is 1. The van der Waals surface area contributed by atoms with E-state index in [9.17, 15) is 4.79 Å². The molecule has 0 aromatic rings. The van der Waals surface area contributed by atoms with Crippen molar-refractivity contribution in [2.45, 2.75) is 39.2 Å². The number of hydrogen-bond acceptors (Lipinski definition) is 4.